The first-order valence-corrected chi connectivity index (χ1v) is 11.4. The van der Waals surface area contributed by atoms with Crippen LogP contribution in [0.15, 0.2) is 29.1 Å². The van der Waals surface area contributed by atoms with E-state index >= 15 is 0 Å². The minimum atomic E-state index is -1.65. The number of benzene rings is 1. The summed E-state index contributed by atoms with van der Waals surface area (Å²) in [5.74, 6) is -0.574. The van der Waals surface area contributed by atoms with Gasteiger partial charge in [-0.25, -0.2) is 4.98 Å². The van der Waals surface area contributed by atoms with Gasteiger partial charge in [0.05, 0.1) is 36.1 Å². The lowest BCUT2D eigenvalue weighted by molar-refractivity contribution is -0.142. The third-order valence-corrected chi connectivity index (χ3v) is 6.16. The van der Waals surface area contributed by atoms with Crippen molar-refractivity contribution >= 4 is 22.8 Å². The molecule has 1 unspecified atom stereocenters. The van der Waals surface area contributed by atoms with Crippen molar-refractivity contribution in [3.05, 3.63) is 56.9 Å². The summed E-state index contributed by atoms with van der Waals surface area (Å²) in [7, 11) is 1.60. The maximum absolute atomic E-state index is 13.6. The van der Waals surface area contributed by atoms with Crippen molar-refractivity contribution in [3.8, 4) is 17.1 Å². The van der Waals surface area contributed by atoms with Crippen molar-refractivity contribution in [2.24, 2.45) is 5.73 Å². The molecule has 10 heteroatoms. The SMILES string of the molecule is CCc1c2c(nc3ccc(OC)cc13)-c1cc(C(O)C(=O)NCCN)c(COC(C)=O)c(=O)n1C2. The number of methoxy groups -OCH3 is 1. The quantitative estimate of drug-likeness (QED) is 0.319. The van der Waals surface area contributed by atoms with Crippen LogP contribution >= 0.6 is 0 Å². The predicted octanol–water partition coefficient (Wildman–Crippen LogP) is 1.17. The number of aryl methyl sites for hydroxylation is 1. The molecule has 0 radical (unpaired) electrons. The van der Waals surface area contributed by atoms with Crippen LogP contribution in [0.4, 0.5) is 0 Å². The lowest BCUT2D eigenvalue weighted by Gasteiger charge is -2.17. The van der Waals surface area contributed by atoms with Crippen LogP contribution in [0.25, 0.3) is 22.3 Å². The Labute approximate surface area is 201 Å². The molecule has 4 rings (SSSR count). The lowest BCUT2D eigenvalue weighted by atomic mass is 9.97. The molecule has 0 fully saturated rings. The number of hydrogen-bond acceptors (Lipinski definition) is 8. The minimum Gasteiger partial charge on any atom is -0.497 e. The Morgan fingerprint density at radius 3 is 2.71 bits per heavy atom. The first-order chi connectivity index (χ1) is 16.8. The zero-order valence-corrected chi connectivity index (χ0v) is 19.9. The van der Waals surface area contributed by atoms with Gasteiger partial charge in [-0.15, -0.1) is 0 Å². The Balaban J connectivity index is 1.92. The van der Waals surface area contributed by atoms with Crippen LogP contribution in [-0.2, 0) is 33.9 Å². The van der Waals surface area contributed by atoms with E-state index in [1.54, 1.807) is 17.7 Å². The van der Waals surface area contributed by atoms with E-state index < -0.39 is 23.5 Å². The molecule has 1 aromatic carbocycles. The number of nitrogens with zero attached hydrogens (tertiary/aromatic N) is 2. The molecule has 35 heavy (non-hydrogen) atoms. The fourth-order valence-electron chi connectivity index (χ4n) is 4.48. The Morgan fingerprint density at radius 1 is 1.29 bits per heavy atom. The predicted molar refractivity (Wildman–Crippen MR) is 129 cm³/mol. The Bertz CT molecular complexity index is 1380. The summed E-state index contributed by atoms with van der Waals surface area (Å²) in [4.78, 5) is 42.4. The van der Waals surface area contributed by atoms with Gasteiger partial charge in [-0.3, -0.25) is 14.4 Å². The van der Waals surface area contributed by atoms with Crippen molar-refractivity contribution in [1.29, 1.82) is 0 Å². The summed E-state index contributed by atoms with van der Waals surface area (Å²) in [6, 6.07) is 7.19. The maximum Gasteiger partial charge on any atom is 0.302 e. The number of aliphatic hydroxyl groups is 1. The number of amides is 1. The number of nitrogens with one attached hydrogen (secondary N) is 1. The molecule has 3 heterocycles. The molecule has 1 aliphatic heterocycles. The Kier molecular flexibility index (Phi) is 6.86. The molecule has 184 valence electrons. The summed E-state index contributed by atoms with van der Waals surface area (Å²) >= 11 is 0. The van der Waals surface area contributed by atoms with E-state index in [-0.39, 0.29) is 37.4 Å². The topological polar surface area (TPSA) is 146 Å². The number of ether oxygens (including phenoxy) is 2. The molecule has 1 aliphatic rings. The van der Waals surface area contributed by atoms with Gasteiger partial charge in [-0.2, -0.15) is 0 Å². The summed E-state index contributed by atoms with van der Waals surface area (Å²) in [5, 5.41) is 14.3. The van der Waals surface area contributed by atoms with Crippen LogP contribution in [0, 0.1) is 0 Å². The van der Waals surface area contributed by atoms with Crippen LogP contribution in [0.1, 0.15) is 42.2 Å². The molecule has 0 saturated heterocycles. The number of nitrogens with two attached hydrogens (primary N) is 1. The molecule has 4 N–H and O–H groups in total. The van der Waals surface area contributed by atoms with Gasteiger partial charge in [-0.1, -0.05) is 6.92 Å². The van der Waals surface area contributed by atoms with E-state index in [1.807, 2.05) is 25.1 Å². The van der Waals surface area contributed by atoms with Gasteiger partial charge in [0.2, 0.25) is 0 Å². The van der Waals surface area contributed by atoms with E-state index in [1.165, 1.54) is 6.92 Å². The number of rotatable bonds is 8. The third-order valence-electron chi connectivity index (χ3n) is 6.16. The molecule has 10 nitrogen and oxygen atoms in total. The van der Waals surface area contributed by atoms with Gasteiger partial charge >= 0.3 is 5.97 Å². The summed E-state index contributed by atoms with van der Waals surface area (Å²) in [6.07, 6.45) is -0.945. The highest BCUT2D eigenvalue weighted by atomic mass is 16.5. The maximum atomic E-state index is 13.6. The minimum absolute atomic E-state index is 0.0384. The van der Waals surface area contributed by atoms with Gasteiger partial charge in [0.25, 0.3) is 11.5 Å². The van der Waals surface area contributed by atoms with Crippen molar-refractivity contribution in [2.75, 3.05) is 20.2 Å². The second-order valence-corrected chi connectivity index (χ2v) is 8.27. The molecular weight excluding hydrogens is 452 g/mol. The van der Waals surface area contributed by atoms with Gasteiger partial charge in [0, 0.05) is 36.5 Å². The van der Waals surface area contributed by atoms with E-state index in [0.29, 0.717) is 23.6 Å². The van der Waals surface area contributed by atoms with Crippen LogP contribution in [0.5, 0.6) is 5.75 Å². The molecular formula is C25H28N4O6. The van der Waals surface area contributed by atoms with Crippen molar-refractivity contribution in [3.63, 3.8) is 0 Å². The smallest absolute Gasteiger partial charge is 0.302 e. The first kappa shape index (κ1) is 24.4. The molecule has 0 bridgehead atoms. The molecule has 0 saturated carbocycles. The van der Waals surface area contributed by atoms with Crippen LogP contribution in [0.2, 0.25) is 0 Å². The first-order valence-electron chi connectivity index (χ1n) is 11.4. The van der Waals surface area contributed by atoms with Crippen molar-refractivity contribution in [2.45, 2.75) is 39.5 Å². The number of esters is 1. The lowest BCUT2D eigenvalue weighted by Crippen LogP contribution is -2.35. The molecule has 2 aromatic heterocycles. The Morgan fingerprint density at radius 2 is 2.06 bits per heavy atom. The number of pyridine rings is 2. The number of carbonyl (C=O) groups excluding carboxylic acids is 2. The zero-order chi connectivity index (χ0) is 25.3. The fraction of sp³-hybridized carbons (Fsp3) is 0.360. The van der Waals surface area contributed by atoms with E-state index in [0.717, 1.165) is 22.0 Å². The van der Waals surface area contributed by atoms with Crippen molar-refractivity contribution in [1.82, 2.24) is 14.9 Å². The van der Waals surface area contributed by atoms with Crippen molar-refractivity contribution < 1.29 is 24.2 Å². The second-order valence-electron chi connectivity index (χ2n) is 8.27. The number of aliphatic hydroxyl groups excluding tert-OH is 1. The monoisotopic (exact) mass is 480 g/mol. The average molecular weight is 481 g/mol. The highest BCUT2D eigenvalue weighted by molar-refractivity contribution is 5.89. The largest absolute Gasteiger partial charge is 0.497 e. The van der Waals surface area contributed by atoms with E-state index in [2.05, 4.69) is 5.32 Å². The molecule has 0 aliphatic carbocycles. The van der Waals surface area contributed by atoms with Gasteiger partial charge in [0.15, 0.2) is 6.10 Å². The molecule has 3 aromatic rings. The van der Waals surface area contributed by atoms with Gasteiger partial charge < -0.3 is 30.2 Å². The Hall–Kier alpha value is -3.76. The second kappa shape index (κ2) is 9.85. The number of carbonyl (C=O) groups is 2. The van der Waals surface area contributed by atoms with Crippen LogP contribution < -0.4 is 21.3 Å². The summed E-state index contributed by atoms with van der Waals surface area (Å²) < 4.78 is 12.0. The molecule has 0 spiro atoms. The third kappa shape index (κ3) is 4.38. The zero-order valence-electron chi connectivity index (χ0n) is 19.9. The summed E-state index contributed by atoms with van der Waals surface area (Å²) in [5.41, 5.74) is 8.88. The fourth-order valence-corrected chi connectivity index (χ4v) is 4.48. The molecule has 1 atom stereocenters. The highest BCUT2D eigenvalue weighted by Crippen LogP contribution is 2.38. The normalized spacial score (nSPS) is 12.7. The highest BCUT2D eigenvalue weighted by Gasteiger charge is 2.31. The number of fused-ring (bicyclic) bond motifs is 4. The number of hydrogen-bond donors (Lipinski definition) is 3. The summed E-state index contributed by atoms with van der Waals surface area (Å²) in [6.45, 7) is 3.52. The molecule has 1 amide bonds. The van der Waals surface area contributed by atoms with E-state index in [9.17, 15) is 19.5 Å². The van der Waals surface area contributed by atoms with Gasteiger partial charge in [0.1, 0.15) is 12.4 Å². The van der Waals surface area contributed by atoms with Crippen LogP contribution in [-0.4, -0.2) is 46.7 Å². The van der Waals surface area contributed by atoms with E-state index in [4.69, 9.17) is 20.2 Å². The number of aromatic nitrogens is 2. The van der Waals surface area contributed by atoms with Gasteiger partial charge in [-0.05, 0) is 36.2 Å². The van der Waals surface area contributed by atoms with Crippen LogP contribution in [0.3, 0.4) is 0 Å². The average Bonchev–Trinajstić information content (AvgIpc) is 3.22. The standard InChI is InChI=1S/C25H28N4O6/c1-4-15-16-9-14(34-3)5-6-20(16)28-22-18(15)11-29-21(22)10-17(23(31)24(32)27-8-7-26)19(25(29)33)12-35-13(2)30/h5-6,9-10,23,31H,4,7-8,11-12,26H2,1-3H3,(H,27,32).